The zero-order chi connectivity index (χ0) is 13.3. The van der Waals surface area contributed by atoms with E-state index in [1.165, 1.54) is 6.07 Å². The van der Waals surface area contributed by atoms with E-state index in [0.29, 0.717) is 31.9 Å². The molecule has 0 atom stereocenters. The minimum Gasteiger partial charge on any atom is -0.398 e. The summed E-state index contributed by atoms with van der Waals surface area (Å²) in [5.41, 5.74) is 6.87. The molecular formula is C13H8Cl3NO. The lowest BCUT2D eigenvalue weighted by molar-refractivity contribution is 0.103. The van der Waals surface area contributed by atoms with E-state index >= 15 is 0 Å². The summed E-state index contributed by atoms with van der Waals surface area (Å²) in [7, 11) is 0. The topological polar surface area (TPSA) is 43.1 Å². The molecule has 0 aliphatic heterocycles. The largest absolute Gasteiger partial charge is 0.398 e. The van der Waals surface area contributed by atoms with Crippen LogP contribution in [0.5, 0.6) is 0 Å². The normalized spacial score (nSPS) is 10.4. The van der Waals surface area contributed by atoms with Crippen molar-refractivity contribution in [2.75, 3.05) is 5.73 Å². The molecule has 18 heavy (non-hydrogen) atoms. The minimum atomic E-state index is -0.207. The number of nitrogen functional groups attached to an aromatic ring is 1. The zero-order valence-electron chi connectivity index (χ0n) is 9.08. The summed E-state index contributed by atoms with van der Waals surface area (Å²) in [6, 6.07) is 9.39. The van der Waals surface area contributed by atoms with E-state index in [9.17, 15) is 4.79 Å². The molecule has 0 heterocycles. The molecule has 0 aromatic heterocycles. The highest BCUT2D eigenvalue weighted by molar-refractivity contribution is 6.35. The van der Waals surface area contributed by atoms with Crippen molar-refractivity contribution in [1.82, 2.24) is 0 Å². The van der Waals surface area contributed by atoms with Crippen molar-refractivity contribution in [2.45, 2.75) is 0 Å². The molecule has 5 heteroatoms. The smallest absolute Gasteiger partial charge is 0.193 e. The van der Waals surface area contributed by atoms with Gasteiger partial charge in [-0.15, -0.1) is 0 Å². The van der Waals surface area contributed by atoms with Gasteiger partial charge in [0.15, 0.2) is 5.78 Å². The van der Waals surface area contributed by atoms with Gasteiger partial charge < -0.3 is 5.73 Å². The summed E-state index contributed by atoms with van der Waals surface area (Å²) in [6.07, 6.45) is 0. The lowest BCUT2D eigenvalue weighted by Gasteiger charge is -2.05. The van der Waals surface area contributed by atoms with E-state index in [0.717, 1.165) is 0 Å². The Labute approximate surface area is 119 Å². The van der Waals surface area contributed by atoms with E-state index in [1.54, 1.807) is 30.3 Å². The van der Waals surface area contributed by atoms with Crippen molar-refractivity contribution >= 4 is 46.3 Å². The van der Waals surface area contributed by atoms with Gasteiger partial charge in [-0.1, -0.05) is 34.8 Å². The summed E-state index contributed by atoms with van der Waals surface area (Å²) in [5.74, 6) is -0.207. The maximum atomic E-state index is 12.2. The first-order valence-electron chi connectivity index (χ1n) is 5.03. The predicted octanol–water partition coefficient (Wildman–Crippen LogP) is 4.46. The average molecular weight is 301 g/mol. The Morgan fingerprint density at radius 1 is 0.889 bits per heavy atom. The van der Waals surface area contributed by atoms with Crippen LogP contribution in [-0.4, -0.2) is 5.78 Å². The summed E-state index contributed by atoms with van der Waals surface area (Å²) >= 11 is 17.6. The summed E-state index contributed by atoms with van der Waals surface area (Å²) < 4.78 is 0. The highest BCUT2D eigenvalue weighted by Gasteiger charge is 2.12. The highest BCUT2D eigenvalue weighted by atomic mass is 35.5. The molecule has 2 aromatic rings. The van der Waals surface area contributed by atoms with Crippen molar-refractivity contribution in [1.29, 1.82) is 0 Å². The summed E-state index contributed by atoms with van der Waals surface area (Å²) in [4.78, 5) is 12.2. The Hall–Kier alpha value is -1.22. The fourth-order valence-electron chi connectivity index (χ4n) is 1.52. The highest BCUT2D eigenvalue weighted by Crippen LogP contribution is 2.24. The van der Waals surface area contributed by atoms with Gasteiger partial charge in [-0.05, 0) is 36.4 Å². The van der Waals surface area contributed by atoms with Gasteiger partial charge >= 0.3 is 0 Å². The van der Waals surface area contributed by atoms with Gasteiger partial charge in [-0.3, -0.25) is 4.79 Å². The van der Waals surface area contributed by atoms with Gasteiger partial charge in [0.05, 0.1) is 10.7 Å². The molecule has 92 valence electrons. The van der Waals surface area contributed by atoms with Crippen LogP contribution < -0.4 is 5.73 Å². The molecule has 0 aliphatic rings. The number of carbonyl (C=O) groups excluding carboxylic acids is 1. The van der Waals surface area contributed by atoms with Crippen LogP contribution in [0.3, 0.4) is 0 Å². The lowest BCUT2D eigenvalue weighted by Crippen LogP contribution is -2.02. The second-order valence-electron chi connectivity index (χ2n) is 3.72. The van der Waals surface area contributed by atoms with E-state index in [1.807, 2.05) is 0 Å². The number of carbonyl (C=O) groups is 1. The zero-order valence-corrected chi connectivity index (χ0v) is 11.4. The van der Waals surface area contributed by atoms with Crippen molar-refractivity contribution in [3.05, 3.63) is 62.6 Å². The SMILES string of the molecule is Nc1ccc(C(=O)c2cc(Cl)cc(Cl)c2)cc1Cl. The molecule has 0 fully saturated rings. The maximum absolute atomic E-state index is 12.2. The standard InChI is InChI=1S/C13H8Cl3NO/c14-9-3-8(4-10(15)6-9)13(18)7-1-2-12(17)11(16)5-7/h1-6H,17H2. The molecule has 0 radical (unpaired) electrons. The first-order valence-corrected chi connectivity index (χ1v) is 6.16. The van der Waals surface area contributed by atoms with Crippen LogP contribution in [0.2, 0.25) is 15.1 Å². The summed E-state index contributed by atoms with van der Waals surface area (Å²) in [6.45, 7) is 0. The Bertz CT molecular complexity index is 605. The van der Waals surface area contributed by atoms with E-state index in [-0.39, 0.29) is 5.78 Å². The molecule has 2 nitrogen and oxygen atoms in total. The lowest BCUT2D eigenvalue weighted by atomic mass is 10.0. The van der Waals surface area contributed by atoms with Gasteiger partial charge in [-0.25, -0.2) is 0 Å². The number of hydrogen-bond donors (Lipinski definition) is 1. The van der Waals surface area contributed by atoms with Crippen LogP contribution in [0.4, 0.5) is 5.69 Å². The quantitative estimate of drug-likeness (QED) is 0.657. The van der Waals surface area contributed by atoms with E-state index in [2.05, 4.69) is 0 Å². The molecular weight excluding hydrogens is 293 g/mol. The van der Waals surface area contributed by atoms with E-state index in [4.69, 9.17) is 40.5 Å². The first-order chi connectivity index (χ1) is 8.47. The van der Waals surface area contributed by atoms with Gasteiger partial charge in [-0.2, -0.15) is 0 Å². The molecule has 0 spiro atoms. The van der Waals surface area contributed by atoms with Crippen LogP contribution in [0, 0.1) is 0 Å². The number of halogens is 3. The number of anilines is 1. The third-order valence-electron chi connectivity index (χ3n) is 2.39. The second kappa shape index (κ2) is 5.19. The van der Waals surface area contributed by atoms with Crippen molar-refractivity contribution in [3.8, 4) is 0 Å². The van der Waals surface area contributed by atoms with Crippen LogP contribution in [0.15, 0.2) is 36.4 Å². The first kappa shape index (κ1) is 13.2. The van der Waals surface area contributed by atoms with Crippen molar-refractivity contribution in [3.63, 3.8) is 0 Å². The van der Waals surface area contributed by atoms with Crippen LogP contribution >= 0.6 is 34.8 Å². The van der Waals surface area contributed by atoms with Gasteiger partial charge in [0, 0.05) is 21.2 Å². The third kappa shape index (κ3) is 2.78. The molecule has 0 saturated heterocycles. The van der Waals surface area contributed by atoms with Crippen LogP contribution in [-0.2, 0) is 0 Å². The Kier molecular flexibility index (Phi) is 3.81. The molecule has 0 bridgehead atoms. The fourth-order valence-corrected chi connectivity index (χ4v) is 2.23. The van der Waals surface area contributed by atoms with Gasteiger partial charge in [0.2, 0.25) is 0 Å². The molecule has 2 aromatic carbocycles. The molecule has 2 rings (SSSR count). The number of hydrogen-bond acceptors (Lipinski definition) is 2. The summed E-state index contributed by atoms with van der Waals surface area (Å²) in [5, 5.41) is 1.16. The Morgan fingerprint density at radius 2 is 1.50 bits per heavy atom. The predicted molar refractivity (Wildman–Crippen MR) is 75.8 cm³/mol. The van der Waals surface area contributed by atoms with Crippen molar-refractivity contribution in [2.24, 2.45) is 0 Å². The molecule has 0 saturated carbocycles. The fraction of sp³-hybridized carbons (Fsp3) is 0. The Morgan fingerprint density at radius 3 is 2.06 bits per heavy atom. The molecule has 0 aliphatic carbocycles. The third-order valence-corrected chi connectivity index (χ3v) is 3.15. The van der Waals surface area contributed by atoms with Crippen LogP contribution in [0.1, 0.15) is 15.9 Å². The molecule has 0 amide bonds. The minimum absolute atomic E-state index is 0.207. The van der Waals surface area contributed by atoms with Crippen molar-refractivity contribution < 1.29 is 4.79 Å². The molecule has 2 N–H and O–H groups in total. The second-order valence-corrected chi connectivity index (χ2v) is 5.00. The van der Waals surface area contributed by atoms with Gasteiger partial charge in [0.25, 0.3) is 0 Å². The number of rotatable bonds is 2. The Balaban J connectivity index is 2.44. The van der Waals surface area contributed by atoms with E-state index < -0.39 is 0 Å². The maximum Gasteiger partial charge on any atom is 0.193 e. The monoisotopic (exact) mass is 299 g/mol. The molecule has 0 unspecified atom stereocenters. The van der Waals surface area contributed by atoms with Gasteiger partial charge in [0.1, 0.15) is 0 Å². The number of ketones is 1. The van der Waals surface area contributed by atoms with Crippen LogP contribution in [0.25, 0.3) is 0 Å². The number of nitrogens with two attached hydrogens (primary N) is 1. The number of benzene rings is 2. The average Bonchev–Trinajstić information content (AvgIpc) is 2.30.